The minimum atomic E-state index is 0.716. The Labute approximate surface area is 103 Å². The van der Waals surface area contributed by atoms with Crippen LogP contribution in [0.5, 0.6) is 5.75 Å². The van der Waals surface area contributed by atoms with E-state index in [1.54, 1.807) is 0 Å². The van der Waals surface area contributed by atoms with Crippen molar-refractivity contribution in [3.8, 4) is 5.75 Å². The molecule has 3 heteroatoms. The number of ether oxygens (including phenoxy) is 1. The van der Waals surface area contributed by atoms with Gasteiger partial charge in [-0.2, -0.15) is 0 Å². The van der Waals surface area contributed by atoms with Crippen molar-refractivity contribution in [3.05, 3.63) is 36.7 Å². The van der Waals surface area contributed by atoms with E-state index in [2.05, 4.69) is 41.3 Å². The molecule has 0 saturated heterocycles. The van der Waals surface area contributed by atoms with Crippen LogP contribution in [0.3, 0.4) is 0 Å². The van der Waals surface area contributed by atoms with E-state index < -0.39 is 0 Å². The van der Waals surface area contributed by atoms with Crippen LogP contribution in [0.1, 0.15) is 20.3 Å². The molecule has 0 atom stereocenters. The van der Waals surface area contributed by atoms with Crippen LogP contribution in [-0.2, 0) is 0 Å². The fourth-order valence-electron chi connectivity index (χ4n) is 1.97. The Bertz CT molecular complexity index is 372. The first-order valence-electron chi connectivity index (χ1n) is 6.25. The van der Waals surface area contributed by atoms with Gasteiger partial charge in [0.25, 0.3) is 0 Å². The molecule has 0 bridgehead atoms. The highest BCUT2D eigenvalue weighted by Crippen LogP contribution is 2.22. The summed E-state index contributed by atoms with van der Waals surface area (Å²) in [5.74, 6) is 0.935. The van der Waals surface area contributed by atoms with Crippen LogP contribution < -0.4 is 9.64 Å². The van der Waals surface area contributed by atoms with Gasteiger partial charge in [-0.25, -0.2) is 0 Å². The van der Waals surface area contributed by atoms with Crippen molar-refractivity contribution in [2.75, 3.05) is 24.7 Å². The third-order valence-electron chi connectivity index (χ3n) is 2.78. The van der Waals surface area contributed by atoms with E-state index in [1.165, 1.54) is 12.1 Å². The Morgan fingerprint density at radius 1 is 1.12 bits per heavy atom. The Morgan fingerprint density at radius 2 is 1.88 bits per heavy atom. The van der Waals surface area contributed by atoms with E-state index in [0.29, 0.717) is 6.61 Å². The van der Waals surface area contributed by atoms with Crippen LogP contribution in [0.4, 0.5) is 5.69 Å². The van der Waals surface area contributed by atoms with Crippen LogP contribution >= 0.6 is 0 Å². The number of hydrogen-bond acceptors (Lipinski definition) is 3. The zero-order valence-corrected chi connectivity index (χ0v) is 10.6. The second-order valence-corrected chi connectivity index (χ2v) is 4.15. The van der Waals surface area contributed by atoms with Gasteiger partial charge in [0.2, 0.25) is 0 Å². The molecule has 1 aromatic carbocycles. The Morgan fingerprint density at radius 3 is 2.53 bits per heavy atom. The van der Waals surface area contributed by atoms with Gasteiger partial charge >= 0.3 is 0 Å². The standard InChI is InChI=1S/C14H20N2O/c1-3-9-15-10-11-16(12-15)13-5-7-14(8-6-13)17-4-2/h5-8,10-11H,3-4,9,12H2,1-2H3. The van der Waals surface area contributed by atoms with Gasteiger partial charge in [-0.05, 0) is 37.6 Å². The van der Waals surface area contributed by atoms with Gasteiger partial charge in [0.15, 0.2) is 0 Å². The molecule has 0 amide bonds. The van der Waals surface area contributed by atoms with Crippen molar-refractivity contribution < 1.29 is 4.74 Å². The lowest BCUT2D eigenvalue weighted by Gasteiger charge is -2.21. The minimum Gasteiger partial charge on any atom is -0.494 e. The van der Waals surface area contributed by atoms with E-state index in [-0.39, 0.29) is 0 Å². The molecule has 1 aliphatic heterocycles. The summed E-state index contributed by atoms with van der Waals surface area (Å²) in [7, 11) is 0. The number of rotatable bonds is 5. The molecule has 3 nitrogen and oxygen atoms in total. The molecule has 0 spiro atoms. The summed E-state index contributed by atoms with van der Waals surface area (Å²) in [6, 6.07) is 8.25. The molecule has 0 saturated carbocycles. The lowest BCUT2D eigenvalue weighted by molar-refractivity contribution is 0.340. The fourth-order valence-corrected chi connectivity index (χ4v) is 1.97. The summed E-state index contributed by atoms with van der Waals surface area (Å²) in [4.78, 5) is 4.56. The molecular formula is C14H20N2O. The molecule has 0 fully saturated rings. The third kappa shape index (κ3) is 2.93. The van der Waals surface area contributed by atoms with Gasteiger partial charge in [-0.3, -0.25) is 0 Å². The Balaban J connectivity index is 1.97. The van der Waals surface area contributed by atoms with Gasteiger partial charge in [-0.1, -0.05) is 6.92 Å². The zero-order chi connectivity index (χ0) is 12.1. The van der Waals surface area contributed by atoms with Gasteiger partial charge < -0.3 is 14.5 Å². The topological polar surface area (TPSA) is 15.7 Å². The molecule has 0 unspecified atom stereocenters. The van der Waals surface area contributed by atoms with Crippen LogP contribution in [0.25, 0.3) is 0 Å². The predicted octanol–water partition coefficient (Wildman–Crippen LogP) is 3.05. The molecule has 0 aromatic heterocycles. The number of hydrogen-bond donors (Lipinski definition) is 0. The maximum absolute atomic E-state index is 5.44. The first-order valence-corrected chi connectivity index (χ1v) is 6.25. The van der Waals surface area contributed by atoms with E-state index in [0.717, 1.165) is 19.0 Å². The Kier molecular flexibility index (Phi) is 3.91. The highest BCUT2D eigenvalue weighted by Gasteiger charge is 2.12. The second kappa shape index (κ2) is 5.62. The molecule has 0 N–H and O–H groups in total. The molecule has 92 valence electrons. The van der Waals surface area contributed by atoms with Crippen molar-refractivity contribution in [2.24, 2.45) is 0 Å². The average molecular weight is 232 g/mol. The lowest BCUT2D eigenvalue weighted by Crippen LogP contribution is -2.25. The Hall–Kier alpha value is -1.64. The van der Waals surface area contributed by atoms with E-state index in [4.69, 9.17) is 4.74 Å². The smallest absolute Gasteiger partial charge is 0.119 e. The highest BCUT2D eigenvalue weighted by atomic mass is 16.5. The number of anilines is 1. The molecule has 2 rings (SSSR count). The van der Waals surface area contributed by atoms with Crippen LogP contribution in [0.2, 0.25) is 0 Å². The summed E-state index contributed by atoms with van der Waals surface area (Å²) < 4.78 is 5.44. The molecule has 1 aromatic rings. The average Bonchev–Trinajstić information content (AvgIpc) is 2.80. The monoisotopic (exact) mass is 232 g/mol. The van der Waals surface area contributed by atoms with E-state index >= 15 is 0 Å². The van der Waals surface area contributed by atoms with Crippen molar-refractivity contribution in [3.63, 3.8) is 0 Å². The van der Waals surface area contributed by atoms with E-state index in [1.807, 2.05) is 19.1 Å². The molecule has 17 heavy (non-hydrogen) atoms. The van der Waals surface area contributed by atoms with Crippen molar-refractivity contribution in [1.82, 2.24) is 4.90 Å². The SMILES string of the molecule is CCCN1C=CN(c2ccc(OCC)cc2)C1. The fraction of sp³-hybridized carbons (Fsp3) is 0.429. The van der Waals surface area contributed by atoms with Crippen LogP contribution in [-0.4, -0.2) is 24.7 Å². The number of nitrogens with zero attached hydrogens (tertiary/aromatic N) is 2. The first-order chi connectivity index (χ1) is 8.33. The van der Waals surface area contributed by atoms with Gasteiger partial charge in [0.05, 0.1) is 13.3 Å². The molecule has 1 heterocycles. The minimum absolute atomic E-state index is 0.716. The largest absolute Gasteiger partial charge is 0.494 e. The molecule has 0 aliphatic carbocycles. The normalized spacial score (nSPS) is 14.5. The number of benzene rings is 1. The van der Waals surface area contributed by atoms with Crippen molar-refractivity contribution >= 4 is 5.69 Å². The first kappa shape index (κ1) is 11.8. The van der Waals surface area contributed by atoms with Gasteiger partial charge in [-0.15, -0.1) is 0 Å². The third-order valence-corrected chi connectivity index (χ3v) is 2.78. The van der Waals surface area contributed by atoms with Gasteiger partial charge in [0, 0.05) is 24.6 Å². The summed E-state index contributed by atoms with van der Waals surface area (Å²) in [5, 5.41) is 0. The molecule has 1 aliphatic rings. The maximum atomic E-state index is 5.44. The van der Waals surface area contributed by atoms with Crippen molar-refractivity contribution in [1.29, 1.82) is 0 Å². The van der Waals surface area contributed by atoms with Gasteiger partial charge in [0.1, 0.15) is 5.75 Å². The van der Waals surface area contributed by atoms with Crippen LogP contribution in [0.15, 0.2) is 36.7 Å². The molecular weight excluding hydrogens is 212 g/mol. The molecule has 0 radical (unpaired) electrons. The van der Waals surface area contributed by atoms with E-state index in [9.17, 15) is 0 Å². The lowest BCUT2D eigenvalue weighted by atomic mass is 10.3. The quantitative estimate of drug-likeness (QED) is 0.776. The maximum Gasteiger partial charge on any atom is 0.119 e. The summed E-state index contributed by atoms with van der Waals surface area (Å²) in [6.07, 6.45) is 5.47. The predicted molar refractivity (Wildman–Crippen MR) is 71.1 cm³/mol. The summed E-state index contributed by atoms with van der Waals surface area (Å²) in [5.41, 5.74) is 1.21. The summed E-state index contributed by atoms with van der Waals surface area (Å²) >= 11 is 0. The van der Waals surface area contributed by atoms with Crippen molar-refractivity contribution in [2.45, 2.75) is 20.3 Å². The zero-order valence-electron chi connectivity index (χ0n) is 10.6. The summed E-state index contributed by atoms with van der Waals surface area (Å²) in [6.45, 7) is 6.98. The highest BCUT2D eigenvalue weighted by molar-refractivity contribution is 5.52. The second-order valence-electron chi connectivity index (χ2n) is 4.15. The van der Waals surface area contributed by atoms with Crippen LogP contribution in [0, 0.1) is 0 Å².